The van der Waals surface area contributed by atoms with Crippen molar-refractivity contribution in [2.45, 2.75) is 6.92 Å². The van der Waals surface area contributed by atoms with Crippen molar-refractivity contribution in [1.82, 2.24) is 5.32 Å². The Balaban J connectivity index is 3.19. The second-order valence-electron chi connectivity index (χ2n) is 1.26. The molecule has 0 radical (unpaired) electrons. The Labute approximate surface area is 50.4 Å². The molecule has 0 aliphatic rings. The Kier molecular flexibility index (Phi) is 5.28. The van der Waals surface area contributed by atoms with Gasteiger partial charge in [0.05, 0.1) is 0 Å². The van der Waals surface area contributed by atoms with Crippen LogP contribution in [0.4, 0.5) is 0 Å². The molecule has 0 spiro atoms. The number of nitrogens with one attached hydrogen (secondary N) is 1. The molecule has 0 fully saturated rings. The fourth-order valence-corrected chi connectivity index (χ4v) is 0.290. The molecule has 0 heterocycles. The summed E-state index contributed by atoms with van der Waals surface area (Å²) in [4.78, 5) is 0. The fraction of sp³-hybridized carbons (Fsp3) is 0.143. The molecule has 0 saturated heterocycles. The molecule has 0 rings (SSSR count). The van der Waals surface area contributed by atoms with Gasteiger partial charge in [0.2, 0.25) is 0 Å². The van der Waals surface area contributed by atoms with Crippen LogP contribution in [-0.4, -0.2) is 0 Å². The van der Waals surface area contributed by atoms with Gasteiger partial charge in [-0.2, -0.15) is 0 Å². The van der Waals surface area contributed by atoms with Gasteiger partial charge >= 0.3 is 0 Å². The van der Waals surface area contributed by atoms with E-state index in [0.717, 1.165) is 0 Å². The van der Waals surface area contributed by atoms with E-state index >= 15 is 0 Å². The van der Waals surface area contributed by atoms with Gasteiger partial charge in [0.25, 0.3) is 0 Å². The molecular weight excluding hydrogens is 98.1 g/mol. The normalized spacial score (nSPS) is 10.6. The maximum atomic E-state index is 3.47. The van der Waals surface area contributed by atoms with Crippen molar-refractivity contribution in [3.8, 4) is 0 Å². The predicted molar refractivity (Wildman–Crippen MR) is 37.3 cm³/mol. The van der Waals surface area contributed by atoms with Crippen LogP contribution in [0.1, 0.15) is 6.92 Å². The van der Waals surface area contributed by atoms with Gasteiger partial charge in [-0.15, -0.1) is 0 Å². The summed E-state index contributed by atoms with van der Waals surface area (Å²) >= 11 is 0. The van der Waals surface area contributed by atoms with E-state index in [1.807, 2.05) is 31.4 Å². The fourth-order valence-electron chi connectivity index (χ4n) is 0.290. The molecule has 44 valence electrons. The number of rotatable bonds is 3. The molecule has 0 unspecified atom stereocenters. The molecule has 1 heteroatoms. The lowest BCUT2D eigenvalue weighted by atomic mass is 10.5. The maximum Gasteiger partial charge on any atom is 0.000407 e. The highest BCUT2D eigenvalue weighted by Crippen LogP contribution is 1.71. The van der Waals surface area contributed by atoms with E-state index in [4.69, 9.17) is 0 Å². The van der Waals surface area contributed by atoms with E-state index in [2.05, 4.69) is 11.9 Å². The molecule has 0 aromatic rings. The lowest BCUT2D eigenvalue weighted by molar-refractivity contribution is 1.20. The summed E-state index contributed by atoms with van der Waals surface area (Å²) in [6.45, 7) is 5.44. The molecule has 0 saturated carbocycles. The summed E-state index contributed by atoms with van der Waals surface area (Å²) in [5.74, 6) is 0. The van der Waals surface area contributed by atoms with Crippen LogP contribution in [0, 0.1) is 0 Å². The molecule has 1 N–H and O–H groups in total. The molecule has 1 nitrogen and oxygen atoms in total. The van der Waals surface area contributed by atoms with Crippen LogP contribution < -0.4 is 5.32 Å². The quantitative estimate of drug-likeness (QED) is 0.545. The number of hydrogen-bond donors (Lipinski definition) is 1. The average molecular weight is 109 g/mol. The summed E-state index contributed by atoms with van der Waals surface area (Å²) in [6, 6.07) is 0. The summed E-state index contributed by atoms with van der Waals surface area (Å²) in [6.07, 6.45) is 9.24. The molecule has 0 atom stereocenters. The van der Waals surface area contributed by atoms with Crippen molar-refractivity contribution >= 4 is 0 Å². The first-order chi connectivity index (χ1) is 3.91. The highest BCUT2D eigenvalue weighted by molar-refractivity contribution is 5.00. The molecule has 0 bridgehead atoms. The molecule has 8 heavy (non-hydrogen) atoms. The molecule has 0 aliphatic carbocycles. The summed E-state index contributed by atoms with van der Waals surface area (Å²) < 4.78 is 0. The van der Waals surface area contributed by atoms with Crippen molar-refractivity contribution in [1.29, 1.82) is 0 Å². The first-order valence-electron chi connectivity index (χ1n) is 2.56. The zero-order valence-corrected chi connectivity index (χ0v) is 5.09. The van der Waals surface area contributed by atoms with Crippen LogP contribution in [0.2, 0.25) is 0 Å². The number of allylic oxidation sites excluding steroid dienone is 3. The molecule has 0 aliphatic heterocycles. The number of hydrogen-bond acceptors (Lipinski definition) is 1. The lowest BCUT2D eigenvalue weighted by Crippen LogP contribution is -1.87. The molecular formula is C7H11N. The summed E-state index contributed by atoms with van der Waals surface area (Å²) in [5, 5.41) is 2.82. The summed E-state index contributed by atoms with van der Waals surface area (Å²) in [5.41, 5.74) is 0. The minimum Gasteiger partial charge on any atom is -0.368 e. The van der Waals surface area contributed by atoms with Crippen molar-refractivity contribution in [3.63, 3.8) is 0 Å². The maximum absolute atomic E-state index is 3.47. The molecule has 0 amide bonds. The van der Waals surface area contributed by atoms with Crippen LogP contribution in [0.25, 0.3) is 0 Å². The van der Waals surface area contributed by atoms with Crippen LogP contribution in [0.3, 0.4) is 0 Å². The predicted octanol–water partition coefficient (Wildman–Crippen LogP) is 1.81. The Morgan fingerprint density at radius 3 is 2.62 bits per heavy atom. The standard InChI is InChI=1S/C7H11N/c1-3-5-6-7-8-4-2/h3-8H,2H2,1H3/b5-3-,7-6-. The SMILES string of the molecule is C=CN/C=C\C=C/C. The van der Waals surface area contributed by atoms with Crippen LogP contribution >= 0.6 is 0 Å². The second kappa shape index (κ2) is 6.02. The topological polar surface area (TPSA) is 12.0 Å². The van der Waals surface area contributed by atoms with Crippen LogP contribution in [0.15, 0.2) is 37.2 Å². The minimum atomic E-state index is 1.62. The first-order valence-corrected chi connectivity index (χ1v) is 2.56. The highest BCUT2D eigenvalue weighted by atomic mass is 14.8. The smallest absolute Gasteiger partial charge is 0.000407 e. The van der Waals surface area contributed by atoms with Gasteiger partial charge in [0.15, 0.2) is 0 Å². The zero-order valence-electron chi connectivity index (χ0n) is 5.09. The Bertz CT molecular complexity index is 101. The van der Waals surface area contributed by atoms with Gasteiger partial charge in [-0.1, -0.05) is 18.7 Å². The molecule has 0 aromatic heterocycles. The van der Waals surface area contributed by atoms with Crippen LogP contribution in [-0.2, 0) is 0 Å². The largest absolute Gasteiger partial charge is 0.368 e. The minimum absolute atomic E-state index is 1.62. The zero-order chi connectivity index (χ0) is 6.24. The first kappa shape index (κ1) is 7.02. The third kappa shape index (κ3) is 5.02. The lowest BCUT2D eigenvalue weighted by Gasteiger charge is -1.80. The van der Waals surface area contributed by atoms with E-state index in [9.17, 15) is 0 Å². The summed E-state index contributed by atoms with van der Waals surface area (Å²) in [7, 11) is 0. The second-order valence-corrected chi connectivity index (χ2v) is 1.26. The van der Waals surface area contributed by atoms with Gasteiger partial charge in [-0.05, 0) is 19.2 Å². The van der Waals surface area contributed by atoms with Gasteiger partial charge in [0.1, 0.15) is 0 Å². The van der Waals surface area contributed by atoms with Gasteiger partial charge < -0.3 is 5.32 Å². The van der Waals surface area contributed by atoms with Crippen molar-refractivity contribution in [2.75, 3.05) is 0 Å². The van der Waals surface area contributed by atoms with Crippen molar-refractivity contribution in [2.24, 2.45) is 0 Å². The third-order valence-corrected chi connectivity index (χ3v) is 0.614. The van der Waals surface area contributed by atoms with Crippen LogP contribution in [0.5, 0.6) is 0 Å². The Hall–Kier alpha value is -0.980. The van der Waals surface area contributed by atoms with E-state index in [0.29, 0.717) is 0 Å². The van der Waals surface area contributed by atoms with Crippen molar-refractivity contribution in [3.05, 3.63) is 37.2 Å². The molecule has 0 aromatic carbocycles. The Morgan fingerprint density at radius 2 is 2.12 bits per heavy atom. The van der Waals surface area contributed by atoms with Gasteiger partial charge in [-0.25, -0.2) is 0 Å². The van der Waals surface area contributed by atoms with Crippen molar-refractivity contribution < 1.29 is 0 Å². The van der Waals surface area contributed by atoms with E-state index in [1.165, 1.54) is 0 Å². The van der Waals surface area contributed by atoms with Gasteiger partial charge in [0, 0.05) is 6.20 Å². The monoisotopic (exact) mass is 109 g/mol. The van der Waals surface area contributed by atoms with E-state index in [1.54, 1.807) is 6.20 Å². The average Bonchev–Trinajstić information content (AvgIpc) is 1.81. The Morgan fingerprint density at radius 1 is 1.38 bits per heavy atom. The third-order valence-electron chi connectivity index (χ3n) is 0.614. The van der Waals surface area contributed by atoms with Gasteiger partial charge in [-0.3, -0.25) is 0 Å². The van der Waals surface area contributed by atoms with E-state index < -0.39 is 0 Å². The van der Waals surface area contributed by atoms with E-state index in [-0.39, 0.29) is 0 Å². The highest BCUT2D eigenvalue weighted by Gasteiger charge is 1.57.